The quantitative estimate of drug-likeness (QED) is 0.896. The molecule has 0 fully saturated rings. The Morgan fingerprint density at radius 2 is 2.10 bits per heavy atom. The summed E-state index contributed by atoms with van der Waals surface area (Å²) in [6, 6.07) is 7.43. The average Bonchev–Trinajstić information content (AvgIpc) is 2.45. The normalized spacial score (nSPS) is 12.3. The van der Waals surface area contributed by atoms with Crippen molar-refractivity contribution in [2.24, 2.45) is 0 Å². The fourth-order valence-corrected chi connectivity index (χ4v) is 1.99. The van der Waals surface area contributed by atoms with Crippen LogP contribution in [0.4, 0.5) is 5.82 Å². The van der Waals surface area contributed by atoms with Gasteiger partial charge in [-0.05, 0) is 19.1 Å². The first-order valence-electron chi connectivity index (χ1n) is 6.26. The van der Waals surface area contributed by atoms with Crippen molar-refractivity contribution in [3.8, 4) is 0 Å². The molecule has 1 heterocycles. The highest BCUT2D eigenvalue weighted by molar-refractivity contribution is 5.93. The van der Waals surface area contributed by atoms with Crippen LogP contribution < -0.4 is 4.90 Å². The summed E-state index contributed by atoms with van der Waals surface area (Å²) in [6.07, 6.45) is 0. The number of fused-ring (bicyclic) bond motifs is 1. The maximum Gasteiger partial charge on any atom is 0.374 e. The van der Waals surface area contributed by atoms with Crippen LogP contribution >= 0.6 is 0 Å². The molecule has 1 atom stereocenters. The highest BCUT2D eigenvalue weighted by Crippen LogP contribution is 2.24. The number of carboxylic acid groups (broad SMARTS) is 1. The Balaban J connectivity index is 2.57. The minimum absolute atomic E-state index is 0.0694. The number of aromatic nitrogens is 2. The molecule has 6 nitrogen and oxygen atoms in total. The monoisotopic (exact) mass is 275 g/mol. The number of carbonyl (C=O) groups is 1. The van der Waals surface area contributed by atoms with Gasteiger partial charge in [0.05, 0.1) is 18.2 Å². The number of para-hydroxylation sites is 1. The Morgan fingerprint density at radius 1 is 1.40 bits per heavy atom. The molecule has 1 aromatic heterocycles. The summed E-state index contributed by atoms with van der Waals surface area (Å²) in [5.41, 5.74) is 0.617. The van der Waals surface area contributed by atoms with Gasteiger partial charge in [0.25, 0.3) is 0 Å². The van der Waals surface area contributed by atoms with Gasteiger partial charge in [-0.25, -0.2) is 14.8 Å². The molecular weight excluding hydrogens is 258 g/mol. The van der Waals surface area contributed by atoms with E-state index >= 15 is 0 Å². The van der Waals surface area contributed by atoms with E-state index in [2.05, 4.69) is 9.97 Å². The topological polar surface area (TPSA) is 75.5 Å². The lowest BCUT2D eigenvalue weighted by Gasteiger charge is -2.26. The second-order valence-electron chi connectivity index (χ2n) is 4.61. The summed E-state index contributed by atoms with van der Waals surface area (Å²) in [5.74, 6) is -0.738. The Bertz CT molecular complexity index is 630. The molecule has 0 aliphatic carbocycles. The number of aromatic carboxylic acids is 1. The second-order valence-corrected chi connectivity index (χ2v) is 4.61. The number of nitrogens with zero attached hydrogens (tertiary/aromatic N) is 3. The van der Waals surface area contributed by atoms with Gasteiger partial charge in [-0.3, -0.25) is 0 Å². The van der Waals surface area contributed by atoms with Crippen LogP contribution in [0.15, 0.2) is 24.3 Å². The lowest BCUT2D eigenvalue weighted by Crippen LogP contribution is -2.33. The summed E-state index contributed by atoms with van der Waals surface area (Å²) in [5, 5.41) is 9.95. The minimum Gasteiger partial charge on any atom is -0.475 e. The Morgan fingerprint density at radius 3 is 2.75 bits per heavy atom. The smallest absolute Gasteiger partial charge is 0.374 e. The van der Waals surface area contributed by atoms with E-state index in [0.29, 0.717) is 17.9 Å². The van der Waals surface area contributed by atoms with Crippen LogP contribution in [0, 0.1) is 0 Å². The fourth-order valence-electron chi connectivity index (χ4n) is 1.99. The maximum absolute atomic E-state index is 11.1. The molecule has 0 aliphatic heterocycles. The van der Waals surface area contributed by atoms with Crippen molar-refractivity contribution in [3.05, 3.63) is 30.1 Å². The van der Waals surface area contributed by atoms with Gasteiger partial charge in [0.1, 0.15) is 5.82 Å². The van der Waals surface area contributed by atoms with Gasteiger partial charge in [0, 0.05) is 19.5 Å². The van der Waals surface area contributed by atoms with Gasteiger partial charge < -0.3 is 14.7 Å². The Hall–Kier alpha value is -2.21. The van der Waals surface area contributed by atoms with E-state index in [-0.39, 0.29) is 11.9 Å². The van der Waals surface area contributed by atoms with Crippen LogP contribution in [-0.4, -0.2) is 47.8 Å². The molecule has 0 radical (unpaired) electrons. The molecule has 0 amide bonds. The molecule has 0 saturated heterocycles. The molecular formula is C14H17N3O3. The van der Waals surface area contributed by atoms with Crippen LogP contribution in [0.5, 0.6) is 0 Å². The molecule has 0 spiro atoms. The van der Waals surface area contributed by atoms with E-state index in [1.54, 1.807) is 13.2 Å². The lowest BCUT2D eigenvalue weighted by molar-refractivity contribution is 0.0684. The summed E-state index contributed by atoms with van der Waals surface area (Å²) in [6.45, 7) is 2.51. The lowest BCUT2D eigenvalue weighted by atomic mass is 10.2. The number of carboxylic acids is 1. The van der Waals surface area contributed by atoms with Gasteiger partial charge in [-0.2, -0.15) is 0 Å². The van der Waals surface area contributed by atoms with Gasteiger partial charge in [-0.1, -0.05) is 12.1 Å². The summed E-state index contributed by atoms with van der Waals surface area (Å²) >= 11 is 0. The summed E-state index contributed by atoms with van der Waals surface area (Å²) < 4.78 is 5.13. The van der Waals surface area contributed by atoms with Gasteiger partial charge >= 0.3 is 5.97 Å². The minimum atomic E-state index is -1.13. The summed E-state index contributed by atoms with van der Waals surface area (Å²) in [7, 11) is 3.50. The molecule has 20 heavy (non-hydrogen) atoms. The van der Waals surface area contributed by atoms with Crippen LogP contribution in [0.25, 0.3) is 10.9 Å². The van der Waals surface area contributed by atoms with Crippen molar-refractivity contribution >= 4 is 22.7 Å². The van der Waals surface area contributed by atoms with E-state index < -0.39 is 5.97 Å². The van der Waals surface area contributed by atoms with Crippen LogP contribution in [0.2, 0.25) is 0 Å². The van der Waals surface area contributed by atoms with Crippen molar-refractivity contribution in [2.45, 2.75) is 13.0 Å². The SMILES string of the molecule is COCC(C)N(C)c1nc(C(=O)O)nc2ccccc12. The van der Waals surface area contributed by atoms with E-state index in [0.717, 1.165) is 5.39 Å². The first-order valence-corrected chi connectivity index (χ1v) is 6.26. The second kappa shape index (κ2) is 5.83. The number of rotatable bonds is 5. The average molecular weight is 275 g/mol. The van der Waals surface area contributed by atoms with E-state index in [1.807, 2.05) is 37.1 Å². The van der Waals surface area contributed by atoms with Crippen molar-refractivity contribution in [2.75, 3.05) is 25.7 Å². The zero-order chi connectivity index (χ0) is 14.7. The molecule has 1 N–H and O–H groups in total. The fraction of sp³-hybridized carbons (Fsp3) is 0.357. The number of likely N-dealkylation sites (N-methyl/N-ethyl adjacent to an activating group) is 1. The molecule has 106 valence electrons. The van der Waals surface area contributed by atoms with Crippen molar-refractivity contribution in [1.29, 1.82) is 0 Å². The molecule has 0 bridgehead atoms. The standard InChI is InChI=1S/C14H17N3O3/c1-9(8-20-3)17(2)13-10-6-4-5-7-11(10)15-12(16-13)14(18)19/h4-7,9H,8H2,1-3H3,(H,18,19). The number of ether oxygens (including phenoxy) is 1. The number of hydrogen-bond acceptors (Lipinski definition) is 5. The highest BCUT2D eigenvalue weighted by Gasteiger charge is 2.18. The number of anilines is 1. The first kappa shape index (κ1) is 14.2. The zero-order valence-corrected chi connectivity index (χ0v) is 11.7. The third-order valence-electron chi connectivity index (χ3n) is 3.18. The third-order valence-corrected chi connectivity index (χ3v) is 3.18. The van der Waals surface area contributed by atoms with E-state index in [4.69, 9.17) is 9.84 Å². The molecule has 1 aromatic carbocycles. The van der Waals surface area contributed by atoms with Gasteiger partial charge in [0.15, 0.2) is 0 Å². The van der Waals surface area contributed by atoms with Crippen LogP contribution in [-0.2, 0) is 4.74 Å². The van der Waals surface area contributed by atoms with Crippen LogP contribution in [0.1, 0.15) is 17.5 Å². The maximum atomic E-state index is 11.1. The predicted octanol–water partition coefficient (Wildman–Crippen LogP) is 1.80. The highest BCUT2D eigenvalue weighted by atomic mass is 16.5. The molecule has 0 aliphatic rings. The first-order chi connectivity index (χ1) is 9.54. The van der Waals surface area contributed by atoms with Crippen molar-refractivity contribution in [3.63, 3.8) is 0 Å². The Labute approximate surface area is 117 Å². The third kappa shape index (κ3) is 2.70. The molecule has 1 unspecified atom stereocenters. The summed E-state index contributed by atoms with van der Waals surface area (Å²) in [4.78, 5) is 21.3. The van der Waals surface area contributed by atoms with Crippen molar-refractivity contribution in [1.82, 2.24) is 9.97 Å². The van der Waals surface area contributed by atoms with E-state index in [1.165, 1.54) is 0 Å². The number of methoxy groups -OCH3 is 1. The molecule has 2 rings (SSSR count). The predicted molar refractivity (Wildman–Crippen MR) is 76.2 cm³/mol. The number of benzene rings is 1. The zero-order valence-electron chi connectivity index (χ0n) is 11.7. The largest absolute Gasteiger partial charge is 0.475 e. The number of hydrogen-bond donors (Lipinski definition) is 1. The van der Waals surface area contributed by atoms with Crippen molar-refractivity contribution < 1.29 is 14.6 Å². The van der Waals surface area contributed by atoms with E-state index in [9.17, 15) is 4.79 Å². The molecule has 0 saturated carbocycles. The van der Waals surface area contributed by atoms with Gasteiger partial charge in [-0.15, -0.1) is 0 Å². The Kier molecular flexibility index (Phi) is 4.14. The van der Waals surface area contributed by atoms with Crippen LogP contribution in [0.3, 0.4) is 0 Å². The molecule has 2 aromatic rings. The van der Waals surface area contributed by atoms with Gasteiger partial charge in [0.2, 0.25) is 5.82 Å². The molecule has 6 heteroatoms.